The fourth-order valence-corrected chi connectivity index (χ4v) is 2.41. The van der Waals surface area contributed by atoms with Crippen LogP contribution < -0.4 is 5.32 Å². The van der Waals surface area contributed by atoms with E-state index in [9.17, 15) is 14.9 Å². The number of nitrogens with one attached hydrogen (secondary N) is 1. The van der Waals surface area contributed by atoms with Gasteiger partial charge in [0, 0.05) is 23.4 Å². The van der Waals surface area contributed by atoms with Crippen LogP contribution in [0, 0.1) is 17.0 Å². The van der Waals surface area contributed by atoms with Gasteiger partial charge in [-0.25, -0.2) is 4.52 Å². The molecule has 1 amide bonds. The zero-order valence-electron chi connectivity index (χ0n) is 12.4. The van der Waals surface area contributed by atoms with E-state index in [1.165, 1.54) is 12.1 Å². The maximum absolute atomic E-state index is 12.3. The van der Waals surface area contributed by atoms with Crippen molar-refractivity contribution in [1.82, 2.24) is 14.9 Å². The van der Waals surface area contributed by atoms with Crippen molar-refractivity contribution in [2.45, 2.75) is 13.5 Å². The molecule has 0 aliphatic heterocycles. The second kappa shape index (κ2) is 5.88. The molecule has 0 fully saturated rings. The van der Waals surface area contributed by atoms with E-state index in [2.05, 4.69) is 10.4 Å². The van der Waals surface area contributed by atoms with Crippen molar-refractivity contribution in [3.05, 3.63) is 75.6 Å². The topological polar surface area (TPSA) is 89.5 Å². The minimum Gasteiger partial charge on any atom is -0.346 e. The van der Waals surface area contributed by atoms with Gasteiger partial charge >= 0.3 is 0 Å². The van der Waals surface area contributed by atoms with Gasteiger partial charge in [0.2, 0.25) is 0 Å². The lowest BCUT2D eigenvalue weighted by molar-refractivity contribution is -0.385. The summed E-state index contributed by atoms with van der Waals surface area (Å²) in [7, 11) is 0. The van der Waals surface area contributed by atoms with E-state index in [1.807, 2.05) is 30.5 Å². The molecule has 1 aromatic carbocycles. The number of benzene rings is 1. The minimum absolute atomic E-state index is 0.0645. The van der Waals surface area contributed by atoms with Crippen LogP contribution in [-0.4, -0.2) is 20.4 Å². The van der Waals surface area contributed by atoms with Crippen LogP contribution >= 0.6 is 0 Å². The molecule has 116 valence electrons. The van der Waals surface area contributed by atoms with Crippen LogP contribution in [0.1, 0.15) is 21.6 Å². The first-order chi connectivity index (χ1) is 11.1. The number of nitro groups is 1. The summed E-state index contributed by atoms with van der Waals surface area (Å²) in [5.74, 6) is -0.358. The number of hydrogen-bond acceptors (Lipinski definition) is 4. The number of hydrogen-bond donors (Lipinski definition) is 1. The van der Waals surface area contributed by atoms with E-state index in [1.54, 1.807) is 17.5 Å². The number of carbonyl (C=O) groups excluding carboxylic acids is 1. The quantitative estimate of drug-likeness (QED) is 0.592. The molecule has 2 heterocycles. The Hall–Kier alpha value is -3.22. The third-order valence-corrected chi connectivity index (χ3v) is 3.60. The van der Waals surface area contributed by atoms with Gasteiger partial charge in [0.05, 0.1) is 22.7 Å². The molecule has 3 rings (SSSR count). The van der Waals surface area contributed by atoms with Crippen LogP contribution in [0.15, 0.2) is 48.7 Å². The zero-order valence-corrected chi connectivity index (χ0v) is 12.4. The summed E-state index contributed by atoms with van der Waals surface area (Å²) in [6, 6.07) is 12.0. The first kappa shape index (κ1) is 14.7. The number of amides is 1. The van der Waals surface area contributed by atoms with Gasteiger partial charge in [0.15, 0.2) is 0 Å². The lowest BCUT2D eigenvalue weighted by Gasteiger charge is -2.06. The lowest BCUT2D eigenvalue weighted by Crippen LogP contribution is -2.24. The summed E-state index contributed by atoms with van der Waals surface area (Å²) in [5, 5.41) is 18.0. The largest absolute Gasteiger partial charge is 0.346 e. The molecule has 0 unspecified atom stereocenters. The van der Waals surface area contributed by atoms with Gasteiger partial charge in [-0.05, 0) is 31.2 Å². The molecule has 0 radical (unpaired) electrons. The molecule has 3 aromatic rings. The second-order valence-corrected chi connectivity index (χ2v) is 5.10. The number of fused-ring (bicyclic) bond motifs is 1. The highest BCUT2D eigenvalue weighted by Crippen LogP contribution is 2.21. The van der Waals surface area contributed by atoms with E-state index in [0.717, 1.165) is 5.52 Å². The fourth-order valence-electron chi connectivity index (χ4n) is 2.41. The van der Waals surface area contributed by atoms with Crippen LogP contribution in [0.25, 0.3) is 5.52 Å². The average Bonchev–Trinajstić information content (AvgIpc) is 2.95. The normalized spacial score (nSPS) is 10.7. The predicted molar refractivity (Wildman–Crippen MR) is 84.2 cm³/mol. The third kappa shape index (κ3) is 2.89. The van der Waals surface area contributed by atoms with Crippen molar-refractivity contribution < 1.29 is 9.72 Å². The monoisotopic (exact) mass is 310 g/mol. The van der Waals surface area contributed by atoms with Crippen molar-refractivity contribution in [2.75, 3.05) is 0 Å². The Morgan fingerprint density at radius 3 is 2.87 bits per heavy atom. The Labute approximate surface area is 131 Å². The SMILES string of the molecule is Cc1c(C(=O)NCc2cc3ccccn3n2)cccc1[N+](=O)[O-]. The number of rotatable bonds is 4. The highest BCUT2D eigenvalue weighted by Gasteiger charge is 2.17. The van der Waals surface area contributed by atoms with Gasteiger partial charge in [0.25, 0.3) is 11.6 Å². The molecule has 23 heavy (non-hydrogen) atoms. The summed E-state index contributed by atoms with van der Waals surface area (Å²) >= 11 is 0. The molecule has 0 saturated carbocycles. The number of pyridine rings is 1. The van der Waals surface area contributed by atoms with Gasteiger partial charge in [-0.1, -0.05) is 12.1 Å². The summed E-state index contributed by atoms with van der Waals surface area (Å²) < 4.78 is 1.72. The predicted octanol–water partition coefficient (Wildman–Crippen LogP) is 2.48. The van der Waals surface area contributed by atoms with Gasteiger partial charge in [-0.3, -0.25) is 14.9 Å². The Balaban J connectivity index is 1.77. The molecule has 0 aliphatic carbocycles. The minimum atomic E-state index is -0.492. The van der Waals surface area contributed by atoms with E-state index in [0.29, 0.717) is 16.8 Å². The first-order valence-electron chi connectivity index (χ1n) is 7.02. The van der Waals surface area contributed by atoms with Gasteiger partial charge in [0.1, 0.15) is 0 Å². The Kier molecular flexibility index (Phi) is 3.76. The van der Waals surface area contributed by atoms with E-state index in [4.69, 9.17) is 0 Å². The highest BCUT2D eigenvalue weighted by molar-refractivity contribution is 5.96. The molecule has 0 spiro atoms. The number of aromatic nitrogens is 2. The van der Waals surface area contributed by atoms with Gasteiger partial charge in [-0.2, -0.15) is 5.10 Å². The van der Waals surface area contributed by atoms with Crippen molar-refractivity contribution in [3.63, 3.8) is 0 Å². The van der Waals surface area contributed by atoms with E-state index in [-0.39, 0.29) is 18.1 Å². The zero-order chi connectivity index (χ0) is 16.4. The van der Waals surface area contributed by atoms with Crippen LogP contribution in [0.5, 0.6) is 0 Å². The standard InChI is InChI=1S/C16H14N4O3/c1-11-14(6-4-7-15(11)20(22)23)16(21)17-10-12-9-13-5-2-3-8-19(13)18-12/h2-9H,10H2,1H3,(H,17,21). The van der Waals surface area contributed by atoms with Gasteiger partial charge < -0.3 is 5.32 Å². The molecule has 7 heteroatoms. The Morgan fingerprint density at radius 1 is 1.30 bits per heavy atom. The number of nitrogens with zero attached hydrogens (tertiary/aromatic N) is 3. The molecular weight excluding hydrogens is 296 g/mol. The summed E-state index contributed by atoms with van der Waals surface area (Å²) in [5.41, 5.74) is 2.23. The summed E-state index contributed by atoms with van der Waals surface area (Å²) in [6.45, 7) is 1.82. The summed E-state index contributed by atoms with van der Waals surface area (Å²) in [6.07, 6.45) is 1.82. The van der Waals surface area contributed by atoms with E-state index < -0.39 is 4.92 Å². The van der Waals surface area contributed by atoms with Crippen LogP contribution in [0.3, 0.4) is 0 Å². The number of carbonyl (C=O) groups is 1. The Morgan fingerprint density at radius 2 is 2.13 bits per heavy atom. The molecule has 0 atom stereocenters. The molecule has 2 aromatic heterocycles. The molecule has 0 saturated heterocycles. The number of nitro benzene ring substituents is 1. The van der Waals surface area contributed by atoms with Crippen molar-refractivity contribution in [1.29, 1.82) is 0 Å². The smallest absolute Gasteiger partial charge is 0.273 e. The Bertz CT molecular complexity index is 868. The fraction of sp³-hybridized carbons (Fsp3) is 0.125. The van der Waals surface area contributed by atoms with Crippen molar-refractivity contribution >= 4 is 17.1 Å². The molecule has 0 aliphatic rings. The second-order valence-electron chi connectivity index (χ2n) is 5.10. The molecular formula is C16H14N4O3. The van der Waals surface area contributed by atoms with Crippen LogP contribution in [0.2, 0.25) is 0 Å². The summed E-state index contributed by atoms with van der Waals surface area (Å²) in [4.78, 5) is 22.7. The lowest BCUT2D eigenvalue weighted by atomic mass is 10.1. The maximum Gasteiger partial charge on any atom is 0.273 e. The van der Waals surface area contributed by atoms with E-state index >= 15 is 0 Å². The third-order valence-electron chi connectivity index (χ3n) is 3.60. The maximum atomic E-state index is 12.3. The van der Waals surface area contributed by atoms with Crippen LogP contribution in [-0.2, 0) is 6.54 Å². The molecule has 7 nitrogen and oxygen atoms in total. The van der Waals surface area contributed by atoms with Crippen molar-refractivity contribution in [3.8, 4) is 0 Å². The van der Waals surface area contributed by atoms with Gasteiger partial charge in [-0.15, -0.1) is 0 Å². The first-order valence-corrected chi connectivity index (χ1v) is 7.02. The average molecular weight is 310 g/mol. The van der Waals surface area contributed by atoms with Crippen LogP contribution in [0.4, 0.5) is 5.69 Å². The highest BCUT2D eigenvalue weighted by atomic mass is 16.6. The molecule has 0 bridgehead atoms. The molecule has 1 N–H and O–H groups in total. The van der Waals surface area contributed by atoms with Crippen molar-refractivity contribution in [2.24, 2.45) is 0 Å².